The van der Waals surface area contributed by atoms with Crippen molar-refractivity contribution >= 4 is 11.7 Å². The molecule has 0 saturated carbocycles. The third-order valence-electron chi connectivity index (χ3n) is 3.20. The standard InChI is InChI=1S/C16H22N4O2/c1-12(2)19(10-13(3)21)16(22)18-14-9-17-20(11-14)15-7-5-4-6-8-15/h4-9,11-13,21H,10H2,1-3H3,(H,18,22). The summed E-state index contributed by atoms with van der Waals surface area (Å²) in [6.45, 7) is 5.77. The number of rotatable bonds is 5. The Morgan fingerprint density at radius 3 is 2.59 bits per heavy atom. The molecule has 0 spiro atoms. The van der Waals surface area contributed by atoms with Crippen LogP contribution >= 0.6 is 0 Å². The van der Waals surface area contributed by atoms with Crippen molar-refractivity contribution in [1.29, 1.82) is 0 Å². The number of hydrogen-bond donors (Lipinski definition) is 2. The second kappa shape index (κ2) is 7.09. The highest BCUT2D eigenvalue weighted by Gasteiger charge is 2.19. The molecule has 1 heterocycles. The fourth-order valence-corrected chi connectivity index (χ4v) is 2.12. The van der Waals surface area contributed by atoms with E-state index in [-0.39, 0.29) is 18.6 Å². The van der Waals surface area contributed by atoms with Crippen LogP contribution < -0.4 is 5.32 Å². The van der Waals surface area contributed by atoms with Gasteiger partial charge in [0.2, 0.25) is 0 Å². The van der Waals surface area contributed by atoms with E-state index in [4.69, 9.17) is 0 Å². The maximum Gasteiger partial charge on any atom is 0.322 e. The quantitative estimate of drug-likeness (QED) is 0.891. The molecule has 118 valence electrons. The minimum atomic E-state index is -0.569. The first-order valence-corrected chi connectivity index (χ1v) is 7.33. The number of nitrogens with zero attached hydrogens (tertiary/aromatic N) is 3. The molecule has 22 heavy (non-hydrogen) atoms. The average Bonchev–Trinajstić information content (AvgIpc) is 2.93. The molecule has 1 unspecified atom stereocenters. The van der Waals surface area contributed by atoms with E-state index in [1.165, 1.54) is 0 Å². The van der Waals surface area contributed by atoms with E-state index in [0.29, 0.717) is 5.69 Å². The predicted molar refractivity (Wildman–Crippen MR) is 86.1 cm³/mol. The first kappa shape index (κ1) is 16.0. The van der Waals surface area contributed by atoms with Gasteiger partial charge in [0.15, 0.2) is 0 Å². The lowest BCUT2D eigenvalue weighted by atomic mass is 10.3. The topological polar surface area (TPSA) is 70.4 Å². The van der Waals surface area contributed by atoms with Gasteiger partial charge in [0.1, 0.15) is 0 Å². The second-order valence-corrected chi connectivity index (χ2v) is 5.53. The Morgan fingerprint density at radius 1 is 1.32 bits per heavy atom. The number of urea groups is 1. The number of amides is 2. The Morgan fingerprint density at radius 2 is 2.00 bits per heavy atom. The van der Waals surface area contributed by atoms with Gasteiger partial charge in [-0.1, -0.05) is 18.2 Å². The normalized spacial score (nSPS) is 12.2. The van der Waals surface area contributed by atoms with E-state index in [1.54, 1.807) is 28.9 Å². The zero-order valence-electron chi connectivity index (χ0n) is 13.1. The van der Waals surface area contributed by atoms with E-state index in [1.807, 2.05) is 44.2 Å². The van der Waals surface area contributed by atoms with Crippen LogP contribution in [0.5, 0.6) is 0 Å². The predicted octanol–water partition coefficient (Wildman–Crippen LogP) is 2.50. The number of carbonyl (C=O) groups is 1. The van der Waals surface area contributed by atoms with Crippen molar-refractivity contribution in [2.24, 2.45) is 0 Å². The fraction of sp³-hybridized carbons (Fsp3) is 0.375. The summed E-state index contributed by atoms with van der Waals surface area (Å²) in [6.07, 6.45) is 2.79. The largest absolute Gasteiger partial charge is 0.392 e. The summed E-state index contributed by atoms with van der Waals surface area (Å²) in [5.41, 5.74) is 1.54. The molecular formula is C16H22N4O2. The zero-order valence-corrected chi connectivity index (χ0v) is 13.1. The van der Waals surface area contributed by atoms with Gasteiger partial charge in [-0.3, -0.25) is 0 Å². The molecule has 6 nitrogen and oxygen atoms in total. The van der Waals surface area contributed by atoms with Crippen molar-refractivity contribution in [3.63, 3.8) is 0 Å². The molecule has 1 aromatic carbocycles. The molecule has 1 atom stereocenters. The lowest BCUT2D eigenvalue weighted by molar-refractivity contribution is 0.125. The summed E-state index contributed by atoms with van der Waals surface area (Å²) >= 11 is 0. The van der Waals surface area contributed by atoms with Crippen LogP contribution in [0.2, 0.25) is 0 Å². The Kier molecular flexibility index (Phi) is 5.16. The Bertz CT molecular complexity index is 608. The highest BCUT2D eigenvalue weighted by atomic mass is 16.3. The van der Waals surface area contributed by atoms with Gasteiger partial charge < -0.3 is 15.3 Å². The van der Waals surface area contributed by atoms with Crippen LogP contribution in [0.1, 0.15) is 20.8 Å². The highest BCUT2D eigenvalue weighted by Crippen LogP contribution is 2.13. The monoisotopic (exact) mass is 302 g/mol. The Balaban J connectivity index is 2.07. The summed E-state index contributed by atoms with van der Waals surface area (Å²) in [6, 6.07) is 9.42. The smallest absolute Gasteiger partial charge is 0.322 e. The van der Waals surface area contributed by atoms with Crippen molar-refractivity contribution in [3.05, 3.63) is 42.7 Å². The van der Waals surface area contributed by atoms with Crippen molar-refractivity contribution in [1.82, 2.24) is 14.7 Å². The Labute approximate surface area is 130 Å². The maximum atomic E-state index is 12.3. The van der Waals surface area contributed by atoms with Gasteiger partial charge in [0, 0.05) is 12.6 Å². The average molecular weight is 302 g/mol. The van der Waals surface area contributed by atoms with Gasteiger partial charge in [0.25, 0.3) is 0 Å². The van der Waals surface area contributed by atoms with Crippen LogP contribution in [0.15, 0.2) is 42.7 Å². The van der Waals surface area contributed by atoms with E-state index < -0.39 is 6.10 Å². The molecule has 2 N–H and O–H groups in total. The summed E-state index contributed by atoms with van der Waals surface area (Å²) in [4.78, 5) is 13.9. The molecule has 0 aliphatic carbocycles. The number of hydrogen-bond acceptors (Lipinski definition) is 3. The van der Waals surface area contributed by atoms with Gasteiger partial charge in [-0.25, -0.2) is 9.48 Å². The number of para-hydroxylation sites is 1. The van der Waals surface area contributed by atoms with E-state index in [0.717, 1.165) is 5.69 Å². The fourth-order valence-electron chi connectivity index (χ4n) is 2.12. The van der Waals surface area contributed by atoms with E-state index >= 15 is 0 Å². The number of aliphatic hydroxyl groups is 1. The molecular weight excluding hydrogens is 280 g/mol. The molecule has 2 aromatic rings. The minimum Gasteiger partial charge on any atom is -0.392 e. The molecule has 2 amide bonds. The lowest BCUT2D eigenvalue weighted by Gasteiger charge is -2.27. The van der Waals surface area contributed by atoms with Crippen LogP contribution in [0.4, 0.5) is 10.5 Å². The molecule has 0 aliphatic heterocycles. The SMILES string of the molecule is CC(O)CN(C(=O)Nc1cnn(-c2ccccc2)c1)C(C)C. The van der Waals surface area contributed by atoms with E-state index in [2.05, 4.69) is 10.4 Å². The van der Waals surface area contributed by atoms with Crippen LogP contribution in [0, 0.1) is 0 Å². The maximum absolute atomic E-state index is 12.3. The van der Waals surface area contributed by atoms with Crippen molar-refractivity contribution < 1.29 is 9.90 Å². The number of carbonyl (C=O) groups excluding carboxylic acids is 1. The van der Waals surface area contributed by atoms with Crippen molar-refractivity contribution in [2.45, 2.75) is 32.9 Å². The molecule has 0 aliphatic rings. The molecule has 0 radical (unpaired) electrons. The first-order chi connectivity index (χ1) is 10.5. The number of nitrogens with one attached hydrogen (secondary N) is 1. The highest BCUT2D eigenvalue weighted by molar-refractivity contribution is 5.89. The number of anilines is 1. The number of aromatic nitrogens is 2. The van der Waals surface area contributed by atoms with E-state index in [9.17, 15) is 9.90 Å². The van der Waals surface area contributed by atoms with Crippen LogP contribution in [-0.2, 0) is 0 Å². The zero-order chi connectivity index (χ0) is 16.1. The third kappa shape index (κ3) is 4.08. The Hall–Kier alpha value is -2.34. The van der Waals surface area contributed by atoms with Gasteiger partial charge in [0.05, 0.1) is 29.9 Å². The summed E-state index contributed by atoms with van der Waals surface area (Å²) in [5, 5.41) is 16.6. The van der Waals surface area contributed by atoms with Crippen LogP contribution in [-0.4, -0.2) is 44.5 Å². The molecule has 1 aromatic heterocycles. The third-order valence-corrected chi connectivity index (χ3v) is 3.20. The second-order valence-electron chi connectivity index (χ2n) is 5.53. The van der Waals surface area contributed by atoms with Crippen LogP contribution in [0.3, 0.4) is 0 Å². The summed E-state index contributed by atoms with van der Waals surface area (Å²) in [7, 11) is 0. The molecule has 6 heteroatoms. The van der Waals surface area contributed by atoms with Crippen molar-refractivity contribution in [3.8, 4) is 5.69 Å². The van der Waals surface area contributed by atoms with Gasteiger partial charge in [-0.2, -0.15) is 5.10 Å². The van der Waals surface area contributed by atoms with Crippen LogP contribution in [0.25, 0.3) is 5.69 Å². The number of benzene rings is 1. The molecule has 0 fully saturated rings. The summed E-state index contributed by atoms with van der Waals surface area (Å²) < 4.78 is 1.70. The number of aliphatic hydroxyl groups excluding tert-OH is 1. The lowest BCUT2D eigenvalue weighted by Crippen LogP contribution is -2.43. The minimum absolute atomic E-state index is 0.00114. The molecule has 0 saturated heterocycles. The molecule has 2 rings (SSSR count). The van der Waals surface area contributed by atoms with Gasteiger partial charge in [-0.15, -0.1) is 0 Å². The van der Waals surface area contributed by atoms with Gasteiger partial charge >= 0.3 is 6.03 Å². The van der Waals surface area contributed by atoms with Crippen molar-refractivity contribution in [2.75, 3.05) is 11.9 Å². The van der Waals surface area contributed by atoms with Gasteiger partial charge in [-0.05, 0) is 32.9 Å². The first-order valence-electron chi connectivity index (χ1n) is 7.33. The summed E-state index contributed by atoms with van der Waals surface area (Å²) in [5.74, 6) is 0. The molecule has 0 bridgehead atoms.